The number of aliphatic hydroxyl groups is 3. The van der Waals surface area contributed by atoms with E-state index in [9.17, 15) is 15.3 Å². The molecule has 1 aromatic rings. The van der Waals surface area contributed by atoms with Crippen LogP contribution in [0.25, 0.3) is 0 Å². The highest BCUT2D eigenvalue weighted by Crippen LogP contribution is 2.13. The second kappa shape index (κ2) is 9.76. The lowest BCUT2D eigenvalue weighted by molar-refractivity contribution is 0.0154. The van der Waals surface area contributed by atoms with E-state index < -0.39 is 11.6 Å². The standard InChI is InChI=1S/C16H27NO5/c1-3-16(11-18,12-19)17-8-14(20)10-22-9-13-5-4-6-15(7-13)21-2/h4-7,14,17-20H,3,8-12H2,1-2H3/t14-/m0/s1. The molecule has 0 aliphatic rings. The molecule has 0 spiro atoms. The van der Waals surface area contributed by atoms with Crippen molar-refractivity contribution < 1.29 is 24.8 Å². The SMILES string of the molecule is CCC(CO)(CO)NC[C@H](O)COCc1cccc(OC)c1. The summed E-state index contributed by atoms with van der Waals surface area (Å²) < 4.78 is 10.6. The van der Waals surface area contributed by atoms with Gasteiger partial charge in [0.15, 0.2) is 0 Å². The van der Waals surface area contributed by atoms with Gasteiger partial charge in [0.2, 0.25) is 0 Å². The lowest BCUT2D eigenvalue weighted by Gasteiger charge is -2.30. The summed E-state index contributed by atoms with van der Waals surface area (Å²) in [5.74, 6) is 0.766. The molecule has 0 aliphatic heterocycles. The van der Waals surface area contributed by atoms with Gasteiger partial charge in [-0.1, -0.05) is 19.1 Å². The van der Waals surface area contributed by atoms with Crippen LogP contribution in [-0.4, -0.2) is 60.4 Å². The number of rotatable bonds is 11. The highest BCUT2D eigenvalue weighted by molar-refractivity contribution is 5.27. The number of hydrogen-bond acceptors (Lipinski definition) is 6. The Morgan fingerprint density at radius 3 is 2.59 bits per heavy atom. The van der Waals surface area contributed by atoms with Crippen molar-refractivity contribution >= 4 is 0 Å². The summed E-state index contributed by atoms with van der Waals surface area (Å²) in [6.07, 6.45) is -0.146. The summed E-state index contributed by atoms with van der Waals surface area (Å²) in [5.41, 5.74) is 0.210. The minimum Gasteiger partial charge on any atom is -0.497 e. The summed E-state index contributed by atoms with van der Waals surface area (Å²) in [7, 11) is 1.61. The number of β-amino-alcohol motifs (C(OH)–C–C–N with tert-alkyl or cyclic N) is 1. The molecule has 22 heavy (non-hydrogen) atoms. The van der Waals surface area contributed by atoms with Crippen molar-refractivity contribution in [2.45, 2.75) is 31.6 Å². The van der Waals surface area contributed by atoms with Crippen molar-refractivity contribution in [1.29, 1.82) is 0 Å². The van der Waals surface area contributed by atoms with E-state index in [1.165, 1.54) is 0 Å². The zero-order valence-electron chi connectivity index (χ0n) is 13.3. The highest BCUT2D eigenvalue weighted by atomic mass is 16.5. The molecule has 1 atom stereocenters. The number of ether oxygens (including phenoxy) is 2. The number of hydrogen-bond donors (Lipinski definition) is 4. The highest BCUT2D eigenvalue weighted by Gasteiger charge is 2.26. The first-order valence-corrected chi connectivity index (χ1v) is 7.44. The number of aliphatic hydroxyl groups excluding tert-OH is 3. The van der Waals surface area contributed by atoms with Gasteiger partial charge in [-0.3, -0.25) is 0 Å². The smallest absolute Gasteiger partial charge is 0.119 e. The Morgan fingerprint density at radius 2 is 2.00 bits per heavy atom. The summed E-state index contributed by atoms with van der Waals surface area (Å²) >= 11 is 0. The molecular formula is C16H27NO5. The van der Waals surface area contributed by atoms with Crippen LogP contribution in [0.4, 0.5) is 0 Å². The first-order chi connectivity index (χ1) is 10.6. The zero-order valence-corrected chi connectivity index (χ0v) is 13.3. The Balaban J connectivity index is 2.32. The largest absolute Gasteiger partial charge is 0.497 e. The lowest BCUT2D eigenvalue weighted by atomic mass is 9.98. The van der Waals surface area contributed by atoms with Crippen molar-refractivity contribution in [2.75, 3.05) is 33.5 Å². The quantitative estimate of drug-likeness (QED) is 0.470. The average molecular weight is 313 g/mol. The Labute approximate surface area is 131 Å². The molecule has 126 valence electrons. The number of benzene rings is 1. The molecule has 0 amide bonds. The van der Waals surface area contributed by atoms with Crippen molar-refractivity contribution in [3.05, 3.63) is 29.8 Å². The van der Waals surface area contributed by atoms with Crippen LogP contribution in [0.2, 0.25) is 0 Å². The van der Waals surface area contributed by atoms with Crippen LogP contribution in [0.1, 0.15) is 18.9 Å². The molecular weight excluding hydrogens is 286 g/mol. The summed E-state index contributed by atoms with van der Waals surface area (Å²) in [5, 5.41) is 31.5. The fourth-order valence-electron chi connectivity index (χ4n) is 1.98. The summed E-state index contributed by atoms with van der Waals surface area (Å²) in [6.45, 7) is 2.29. The monoisotopic (exact) mass is 313 g/mol. The van der Waals surface area contributed by atoms with Gasteiger partial charge in [-0.2, -0.15) is 0 Å². The van der Waals surface area contributed by atoms with E-state index >= 15 is 0 Å². The van der Waals surface area contributed by atoms with Crippen LogP contribution in [0.15, 0.2) is 24.3 Å². The maximum absolute atomic E-state index is 9.90. The van der Waals surface area contributed by atoms with Crippen LogP contribution in [0.5, 0.6) is 5.75 Å². The molecule has 0 fully saturated rings. The fourth-order valence-corrected chi connectivity index (χ4v) is 1.98. The van der Waals surface area contributed by atoms with Crippen LogP contribution < -0.4 is 10.1 Å². The summed E-state index contributed by atoms with van der Waals surface area (Å²) in [4.78, 5) is 0. The topological polar surface area (TPSA) is 91.2 Å². The third-order valence-corrected chi connectivity index (χ3v) is 3.71. The van der Waals surface area contributed by atoms with Crippen LogP contribution in [0.3, 0.4) is 0 Å². The molecule has 4 N–H and O–H groups in total. The maximum atomic E-state index is 9.90. The molecule has 6 heteroatoms. The number of methoxy groups -OCH3 is 1. The fraction of sp³-hybridized carbons (Fsp3) is 0.625. The second-order valence-corrected chi connectivity index (χ2v) is 5.35. The molecule has 0 bridgehead atoms. The molecule has 0 aliphatic carbocycles. The molecule has 1 rings (SSSR count). The lowest BCUT2D eigenvalue weighted by Crippen LogP contribution is -2.53. The molecule has 0 aromatic heterocycles. The van der Waals surface area contributed by atoms with E-state index in [4.69, 9.17) is 9.47 Å². The van der Waals surface area contributed by atoms with Gasteiger partial charge < -0.3 is 30.1 Å². The third-order valence-electron chi connectivity index (χ3n) is 3.71. The first kappa shape index (κ1) is 18.9. The average Bonchev–Trinajstić information content (AvgIpc) is 2.57. The second-order valence-electron chi connectivity index (χ2n) is 5.35. The summed E-state index contributed by atoms with van der Waals surface area (Å²) in [6, 6.07) is 7.54. The van der Waals surface area contributed by atoms with Gasteiger partial charge in [0.05, 0.1) is 45.2 Å². The van der Waals surface area contributed by atoms with E-state index in [-0.39, 0.29) is 26.4 Å². The van der Waals surface area contributed by atoms with E-state index in [1.54, 1.807) is 7.11 Å². The van der Waals surface area contributed by atoms with E-state index in [0.29, 0.717) is 13.0 Å². The first-order valence-electron chi connectivity index (χ1n) is 7.44. The minimum absolute atomic E-state index is 0.168. The van der Waals surface area contributed by atoms with Gasteiger partial charge in [0.1, 0.15) is 5.75 Å². The normalized spacial score (nSPS) is 13.1. The van der Waals surface area contributed by atoms with E-state index in [1.807, 2.05) is 31.2 Å². The van der Waals surface area contributed by atoms with Crippen LogP contribution in [-0.2, 0) is 11.3 Å². The van der Waals surface area contributed by atoms with Crippen molar-refractivity contribution in [1.82, 2.24) is 5.32 Å². The Bertz CT molecular complexity index is 414. The van der Waals surface area contributed by atoms with Crippen molar-refractivity contribution in [3.8, 4) is 5.75 Å². The predicted octanol–water partition coefficient (Wildman–Crippen LogP) is 0.296. The van der Waals surface area contributed by atoms with Crippen molar-refractivity contribution in [2.24, 2.45) is 0 Å². The van der Waals surface area contributed by atoms with Gasteiger partial charge >= 0.3 is 0 Å². The van der Waals surface area contributed by atoms with Gasteiger partial charge in [-0.15, -0.1) is 0 Å². The predicted molar refractivity (Wildman–Crippen MR) is 83.9 cm³/mol. The van der Waals surface area contributed by atoms with Crippen LogP contribution in [0, 0.1) is 0 Å². The molecule has 6 nitrogen and oxygen atoms in total. The molecule has 0 heterocycles. The van der Waals surface area contributed by atoms with Crippen LogP contribution >= 0.6 is 0 Å². The Hall–Kier alpha value is -1.18. The minimum atomic E-state index is -0.756. The Kier molecular flexibility index (Phi) is 8.37. The third kappa shape index (κ3) is 5.90. The van der Waals surface area contributed by atoms with Crippen molar-refractivity contribution in [3.63, 3.8) is 0 Å². The van der Waals surface area contributed by atoms with E-state index in [2.05, 4.69) is 5.32 Å². The van der Waals surface area contributed by atoms with Gasteiger partial charge in [-0.25, -0.2) is 0 Å². The Morgan fingerprint density at radius 1 is 1.27 bits per heavy atom. The molecule has 0 saturated carbocycles. The number of nitrogens with one attached hydrogen (secondary N) is 1. The van der Waals surface area contributed by atoms with Gasteiger partial charge in [-0.05, 0) is 24.1 Å². The zero-order chi connectivity index (χ0) is 16.4. The molecule has 0 unspecified atom stereocenters. The van der Waals surface area contributed by atoms with Gasteiger partial charge in [0.25, 0.3) is 0 Å². The maximum Gasteiger partial charge on any atom is 0.119 e. The molecule has 0 radical (unpaired) electrons. The van der Waals surface area contributed by atoms with E-state index in [0.717, 1.165) is 11.3 Å². The molecule has 1 aromatic carbocycles. The van der Waals surface area contributed by atoms with Gasteiger partial charge in [0, 0.05) is 6.54 Å². The molecule has 0 saturated heterocycles.